The second-order valence-corrected chi connectivity index (χ2v) is 4.98. The van der Waals surface area contributed by atoms with Crippen molar-refractivity contribution in [1.29, 1.82) is 0 Å². The Morgan fingerprint density at radius 1 is 1.00 bits per heavy atom. The summed E-state index contributed by atoms with van der Waals surface area (Å²) < 4.78 is 15.9. The molecule has 0 amide bonds. The van der Waals surface area contributed by atoms with Crippen LogP contribution in [0.4, 0.5) is 0 Å². The van der Waals surface area contributed by atoms with Crippen LogP contribution in [-0.4, -0.2) is 26.3 Å². The second kappa shape index (κ2) is 7.66. The molecular formula is C17H19NO3S. The average molecular weight is 317 g/mol. The number of hydrogen-bond donors (Lipinski definition) is 1. The van der Waals surface area contributed by atoms with Crippen molar-refractivity contribution in [3.8, 4) is 17.2 Å². The van der Waals surface area contributed by atoms with Gasteiger partial charge in [-0.05, 0) is 29.8 Å². The summed E-state index contributed by atoms with van der Waals surface area (Å²) in [5, 5.41) is 3.23. The van der Waals surface area contributed by atoms with Gasteiger partial charge >= 0.3 is 0 Å². The average Bonchev–Trinajstić information content (AvgIpc) is 2.58. The maximum atomic E-state index is 5.46. The van der Waals surface area contributed by atoms with Gasteiger partial charge in [0, 0.05) is 6.54 Å². The van der Waals surface area contributed by atoms with Gasteiger partial charge < -0.3 is 19.5 Å². The summed E-state index contributed by atoms with van der Waals surface area (Å²) in [6.45, 7) is 0.608. The lowest BCUT2D eigenvalue weighted by Gasteiger charge is -2.14. The van der Waals surface area contributed by atoms with E-state index in [1.165, 1.54) is 0 Å². The zero-order chi connectivity index (χ0) is 15.9. The maximum absolute atomic E-state index is 5.46. The van der Waals surface area contributed by atoms with Gasteiger partial charge in [0.25, 0.3) is 0 Å². The molecule has 0 heterocycles. The van der Waals surface area contributed by atoms with Crippen LogP contribution < -0.4 is 19.5 Å². The largest absolute Gasteiger partial charge is 0.497 e. The first-order valence-corrected chi connectivity index (χ1v) is 7.22. The highest BCUT2D eigenvalue weighted by Crippen LogP contribution is 2.30. The molecule has 2 rings (SSSR count). The van der Waals surface area contributed by atoms with E-state index in [4.69, 9.17) is 26.4 Å². The van der Waals surface area contributed by atoms with Crippen LogP contribution in [-0.2, 0) is 6.54 Å². The Kier molecular flexibility index (Phi) is 5.61. The monoisotopic (exact) mass is 317 g/mol. The van der Waals surface area contributed by atoms with Crippen molar-refractivity contribution >= 4 is 17.2 Å². The van der Waals surface area contributed by atoms with Gasteiger partial charge in [-0.3, -0.25) is 0 Å². The quantitative estimate of drug-likeness (QED) is 0.829. The van der Waals surface area contributed by atoms with E-state index in [0.717, 1.165) is 16.9 Å². The molecule has 0 aliphatic rings. The summed E-state index contributed by atoms with van der Waals surface area (Å²) in [6.07, 6.45) is 0. The lowest BCUT2D eigenvalue weighted by atomic mass is 10.1. The first-order valence-electron chi connectivity index (χ1n) is 6.81. The number of ether oxygens (including phenoxy) is 3. The van der Waals surface area contributed by atoms with Crippen molar-refractivity contribution < 1.29 is 14.2 Å². The van der Waals surface area contributed by atoms with Crippen molar-refractivity contribution in [3.05, 3.63) is 53.6 Å². The zero-order valence-corrected chi connectivity index (χ0v) is 13.7. The van der Waals surface area contributed by atoms with Crippen LogP contribution in [0.5, 0.6) is 17.2 Å². The Hall–Kier alpha value is -2.27. The van der Waals surface area contributed by atoms with Crippen molar-refractivity contribution in [2.45, 2.75) is 6.54 Å². The molecule has 0 aromatic heterocycles. The van der Waals surface area contributed by atoms with E-state index in [1.54, 1.807) is 21.3 Å². The van der Waals surface area contributed by atoms with Crippen LogP contribution in [0.1, 0.15) is 11.1 Å². The van der Waals surface area contributed by atoms with E-state index in [1.807, 2.05) is 42.5 Å². The van der Waals surface area contributed by atoms with Crippen LogP contribution in [0.3, 0.4) is 0 Å². The molecular weight excluding hydrogens is 298 g/mol. The molecule has 0 atom stereocenters. The first-order chi connectivity index (χ1) is 10.7. The SMILES string of the molecule is COc1cccc(CNC(=S)c2cccc(OC)c2OC)c1. The van der Waals surface area contributed by atoms with Crippen LogP contribution in [0.2, 0.25) is 0 Å². The molecule has 0 aliphatic carbocycles. The minimum Gasteiger partial charge on any atom is -0.497 e. The highest BCUT2D eigenvalue weighted by molar-refractivity contribution is 7.80. The third-order valence-corrected chi connectivity index (χ3v) is 3.60. The molecule has 0 fully saturated rings. The third-order valence-electron chi connectivity index (χ3n) is 3.23. The van der Waals surface area contributed by atoms with Crippen molar-refractivity contribution in [2.75, 3.05) is 21.3 Å². The molecule has 0 bridgehead atoms. The minimum atomic E-state index is 0.608. The number of methoxy groups -OCH3 is 3. The van der Waals surface area contributed by atoms with Gasteiger partial charge in [0.2, 0.25) is 0 Å². The number of para-hydroxylation sites is 1. The highest BCUT2D eigenvalue weighted by Gasteiger charge is 2.13. The Morgan fingerprint density at radius 2 is 1.77 bits per heavy atom. The summed E-state index contributed by atoms with van der Waals surface area (Å²) in [6, 6.07) is 13.5. The van der Waals surface area contributed by atoms with E-state index in [9.17, 15) is 0 Å². The second-order valence-electron chi connectivity index (χ2n) is 4.58. The van der Waals surface area contributed by atoms with Gasteiger partial charge in [0.1, 0.15) is 10.7 Å². The molecule has 1 N–H and O–H groups in total. The van der Waals surface area contributed by atoms with E-state index in [-0.39, 0.29) is 0 Å². The fourth-order valence-corrected chi connectivity index (χ4v) is 2.36. The molecule has 0 saturated carbocycles. The van der Waals surface area contributed by atoms with Crippen molar-refractivity contribution in [1.82, 2.24) is 5.32 Å². The molecule has 0 unspecified atom stereocenters. The number of benzene rings is 2. The molecule has 116 valence electrons. The molecule has 0 aliphatic heterocycles. The Bertz CT molecular complexity index is 658. The predicted molar refractivity (Wildman–Crippen MR) is 91.1 cm³/mol. The van der Waals surface area contributed by atoms with Gasteiger partial charge in [0.15, 0.2) is 11.5 Å². The first kappa shape index (κ1) is 16.1. The molecule has 4 nitrogen and oxygen atoms in total. The van der Waals surface area contributed by atoms with Crippen molar-refractivity contribution in [2.24, 2.45) is 0 Å². The maximum Gasteiger partial charge on any atom is 0.170 e. The van der Waals surface area contributed by atoms with Crippen LogP contribution >= 0.6 is 12.2 Å². The standard InChI is InChI=1S/C17H19NO3S/c1-19-13-7-4-6-12(10-13)11-18-17(22)14-8-5-9-15(20-2)16(14)21-3/h4-10H,11H2,1-3H3,(H,18,22). The summed E-state index contributed by atoms with van der Waals surface area (Å²) in [4.78, 5) is 0.610. The third kappa shape index (κ3) is 3.68. The summed E-state index contributed by atoms with van der Waals surface area (Å²) >= 11 is 5.46. The fourth-order valence-electron chi connectivity index (χ4n) is 2.13. The van der Waals surface area contributed by atoms with Gasteiger partial charge in [-0.15, -0.1) is 0 Å². The molecule has 2 aromatic rings. The van der Waals surface area contributed by atoms with Crippen LogP contribution in [0, 0.1) is 0 Å². The fraction of sp³-hybridized carbons (Fsp3) is 0.235. The van der Waals surface area contributed by atoms with Gasteiger partial charge in [-0.25, -0.2) is 0 Å². The zero-order valence-electron chi connectivity index (χ0n) is 12.9. The molecule has 2 aromatic carbocycles. The summed E-state index contributed by atoms with van der Waals surface area (Å²) in [7, 11) is 4.86. The van der Waals surface area contributed by atoms with Gasteiger partial charge in [0.05, 0.1) is 26.9 Å². The molecule has 0 radical (unpaired) electrons. The summed E-state index contributed by atoms with van der Waals surface area (Å²) in [5.41, 5.74) is 1.89. The van der Waals surface area contributed by atoms with E-state index >= 15 is 0 Å². The Morgan fingerprint density at radius 3 is 2.45 bits per heavy atom. The lowest BCUT2D eigenvalue weighted by Crippen LogP contribution is -2.22. The topological polar surface area (TPSA) is 39.7 Å². The van der Waals surface area contributed by atoms with Crippen LogP contribution in [0.25, 0.3) is 0 Å². The molecule has 0 spiro atoms. The van der Waals surface area contributed by atoms with Crippen molar-refractivity contribution in [3.63, 3.8) is 0 Å². The Labute approximate surface area is 136 Å². The highest BCUT2D eigenvalue weighted by atomic mass is 32.1. The number of hydrogen-bond acceptors (Lipinski definition) is 4. The van der Waals surface area contributed by atoms with Gasteiger partial charge in [-0.1, -0.05) is 30.4 Å². The van der Waals surface area contributed by atoms with E-state index < -0.39 is 0 Å². The molecule has 22 heavy (non-hydrogen) atoms. The predicted octanol–water partition coefficient (Wildman–Crippen LogP) is 3.18. The molecule has 5 heteroatoms. The van der Waals surface area contributed by atoms with Crippen LogP contribution in [0.15, 0.2) is 42.5 Å². The number of rotatable bonds is 6. The van der Waals surface area contributed by atoms with Gasteiger partial charge in [-0.2, -0.15) is 0 Å². The number of nitrogens with one attached hydrogen (secondary N) is 1. The minimum absolute atomic E-state index is 0.608. The smallest absolute Gasteiger partial charge is 0.170 e. The lowest BCUT2D eigenvalue weighted by molar-refractivity contribution is 0.354. The summed E-state index contributed by atoms with van der Waals surface area (Å²) in [5.74, 6) is 2.11. The Balaban J connectivity index is 2.12. The number of thiocarbonyl (C=S) groups is 1. The molecule has 0 saturated heterocycles. The normalized spacial score (nSPS) is 9.95. The van der Waals surface area contributed by atoms with E-state index in [2.05, 4.69) is 5.32 Å². The van der Waals surface area contributed by atoms with E-state index in [0.29, 0.717) is 23.0 Å².